The molecule has 0 spiro atoms. The predicted octanol–water partition coefficient (Wildman–Crippen LogP) is 2.25. The van der Waals surface area contributed by atoms with Gasteiger partial charge in [0.15, 0.2) is 0 Å². The summed E-state index contributed by atoms with van der Waals surface area (Å²) in [5.74, 6) is 0.986. The second kappa shape index (κ2) is 9.14. The van der Waals surface area contributed by atoms with Gasteiger partial charge in [-0.05, 0) is 25.7 Å². The SMILES string of the molecule is CCNCc1occc1COCCN(CC)CC. The van der Waals surface area contributed by atoms with Gasteiger partial charge in [-0.15, -0.1) is 0 Å². The topological polar surface area (TPSA) is 37.6 Å². The summed E-state index contributed by atoms with van der Waals surface area (Å²) in [6.07, 6.45) is 1.73. The molecule has 0 aliphatic heterocycles. The minimum Gasteiger partial charge on any atom is -0.468 e. The molecule has 1 heterocycles. The fourth-order valence-electron chi connectivity index (χ4n) is 1.80. The van der Waals surface area contributed by atoms with Crippen molar-refractivity contribution in [1.29, 1.82) is 0 Å². The zero-order valence-electron chi connectivity index (χ0n) is 11.9. The second-order valence-corrected chi connectivity index (χ2v) is 4.23. The first-order chi connectivity index (χ1) is 8.81. The van der Waals surface area contributed by atoms with Crippen molar-refractivity contribution in [2.24, 2.45) is 0 Å². The van der Waals surface area contributed by atoms with E-state index < -0.39 is 0 Å². The quantitative estimate of drug-likeness (QED) is 0.650. The zero-order chi connectivity index (χ0) is 13.2. The summed E-state index contributed by atoms with van der Waals surface area (Å²) in [6.45, 7) is 12.7. The van der Waals surface area contributed by atoms with E-state index in [0.29, 0.717) is 6.61 Å². The molecule has 0 aromatic carbocycles. The number of hydrogen-bond donors (Lipinski definition) is 1. The molecule has 104 valence electrons. The maximum atomic E-state index is 5.70. The van der Waals surface area contributed by atoms with Gasteiger partial charge in [0.05, 0.1) is 26.0 Å². The summed E-state index contributed by atoms with van der Waals surface area (Å²) in [5.41, 5.74) is 1.15. The minimum absolute atomic E-state index is 0.637. The molecule has 0 aliphatic carbocycles. The van der Waals surface area contributed by atoms with Gasteiger partial charge in [-0.3, -0.25) is 0 Å². The zero-order valence-corrected chi connectivity index (χ0v) is 11.9. The lowest BCUT2D eigenvalue weighted by Crippen LogP contribution is -2.27. The first kappa shape index (κ1) is 15.2. The smallest absolute Gasteiger partial charge is 0.123 e. The average molecular weight is 254 g/mol. The van der Waals surface area contributed by atoms with Crippen molar-refractivity contribution in [3.05, 3.63) is 23.7 Å². The van der Waals surface area contributed by atoms with Gasteiger partial charge in [-0.1, -0.05) is 20.8 Å². The lowest BCUT2D eigenvalue weighted by Gasteiger charge is -2.17. The Balaban J connectivity index is 2.24. The number of ether oxygens (including phenoxy) is 1. The molecule has 1 aromatic heterocycles. The monoisotopic (exact) mass is 254 g/mol. The van der Waals surface area contributed by atoms with Crippen LogP contribution in [-0.4, -0.2) is 37.7 Å². The van der Waals surface area contributed by atoms with Crippen molar-refractivity contribution in [3.8, 4) is 0 Å². The van der Waals surface area contributed by atoms with Crippen molar-refractivity contribution in [1.82, 2.24) is 10.2 Å². The molecule has 0 bridgehead atoms. The van der Waals surface area contributed by atoms with E-state index >= 15 is 0 Å². The molecule has 18 heavy (non-hydrogen) atoms. The molecule has 0 fully saturated rings. The molecular weight excluding hydrogens is 228 g/mol. The van der Waals surface area contributed by atoms with E-state index in [0.717, 1.165) is 50.7 Å². The van der Waals surface area contributed by atoms with Crippen LogP contribution in [0.25, 0.3) is 0 Å². The Morgan fingerprint density at radius 2 is 2.06 bits per heavy atom. The maximum Gasteiger partial charge on any atom is 0.123 e. The molecule has 0 saturated heterocycles. The van der Waals surface area contributed by atoms with Crippen LogP contribution in [0, 0.1) is 0 Å². The third-order valence-electron chi connectivity index (χ3n) is 3.08. The largest absolute Gasteiger partial charge is 0.468 e. The van der Waals surface area contributed by atoms with Crippen LogP contribution < -0.4 is 5.32 Å². The molecule has 0 atom stereocenters. The molecule has 1 aromatic rings. The lowest BCUT2D eigenvalue weighted by molar-refractivity contribution is 0.0946. The van der Waals surface area contributed by atoms with Crippen molar-refractivity contribution >= 4 is 0 Å². The average Bonchev–Trinajstić information content (AvgIpc) is 2.84. The summed E-state index contributed by atoms with van der Waals surface area (Å²) in [4.78, 5) is 2.36. The Kier molecular flexibility index (Phi) is 7.73. The summed E-state index contributed by atoms with van der Waals surface area (Å²) >= 11 is 0. The molecule has 1 rings (SSSR count). The lowest BCUT2D eigenvalue weighted by atomic mass is 10.2. The molecule has 0 saturated carbocycles. The van der Waals surface area contributed by atoms with E-state index in [2.05, 4.69) is 31.0 Å². The van der Waals surface area contributed by atoms with Crippen molar-refractivity contribution in [3.63, 3.8) is 0 Å². The van der Waals surface area contributed by atoms with Crippen molar-refractivity contribution in [2.45, 2.75) is 33.9 Å². The molecule has 4 heteroatoms. The van der Waals surface area contributed by atoms with Gasteiger partial charge in [-0.25, -0.2) is 0 Å². The Bertz CT molecular complexity index is 308. The standard InChI is InChI=1S/C14H26N2O2/c1-4-15-11-14-13(7-9-18-14)12-17-10-8-16(5-2)6-3/h7,9,15H,4-6,8,10-12H2,1-3H3. The van der Waals surface area contributed by atoms with Gasteiger partial charge in [0, 0.05) is 12.1 Å². The van der Waals surface area contributed by atoms with Gasteiger partial charge < -0.3 is 19.4 Å². The van der Waals surface area contributed by atoms with E-state index in [9.17, 15) is 0 Å². The maximum absolute atomic E-state index is 5.70. The van der Waals surface area contributed by atoms with Gasteiger partial charge >= 0.3 is 0 Å². The molecule has 0 radical (unpaired) electrons. The summed E-state index contributed by atoms with van der Waals surface area (Å²) < 4.78 is 11.1. The van der Waals surface area contributed by atoms with E-state index in [1.807, 2.05) is 6.07 Å². The van der Waals surface area contributed by atoms with Crippen LogP contribution >= 0.6 is 0 Å². The molecule has 0 amide bonds. The number of hydrogen-bond acceptors (Lipinski definition) is 4. The van der Waals surface area contributed by atoms with Crippen LogP contribution in [0.4, 0.5) is 0 Å². The summed E-state index contributed by atoms with van der Waals surface area (Å²) in [7, 11) is 0. The third kappa shape index (κ3) is 5.21. The van der Waals surface area contributed by atoms with Gasteiger partial charge in [0.25, 0.3) is 0 Å². The summed E-state index contributed by atoms with van der Waals surface area (Å²) in [5, 5.41) is 3.26. The van der Waals surface area contributed by atoms with E-state index in [4.69, 9.17) is 9.15 Å². The number of likely N-dealkylation sites (N-methyl/N-ethyl adjacent to an activating group) is 1. The van der Waals surface area contributed by atoms with Crippen LogP contribution in [0.5, 0.6) is 0 Å². The highest BCUT2D eigenvalue weighted by Crippen LogP contribution is 2.11. The fourth-order valence-corrected chi connectivity index (χ4v) is 1.80. The highest BCUT2D eigenvalue weighted by atomic mass is 16.5. The first-order valence-corrected chi connectivity index (χ1v) is 6.87. The number of rotatable bonds is 10. The fraction of sp³-hybridized carbons (Fsp3) is 0.714. The number of nitrogens with one attached hydrogen (secondary N) is 1. The van der Waals surface area contributed by atoms with Gasteiger partial charge in [0.2, 0.25) is 0 Å². The van der Waals surface area contributed by atoms with Crippen LogP contribution in [-0.2, 0) is 17.9 Å². The Morgan fingerprint density at radius 1 is 1.28 bits per heavy atom. The predicted molar refractivity (Wildman–Crippen MR) is 73.5 cm³/mol. The molecule has 1 N–H and O–H groups in total. The van der Waals surface area contributed by atoms with Crippen LogP contribution in [0.3, 0.4) is 0 Å². The van der Waals surface area contributed by atoms with Crippen LogP contribution in [0.15, 0.2) is 16.7 Å². The molecule has 0 unspecified atom stereocenters. The third-order valence-corrected chi connectivity index (χ3v) is 3.08. The molecule has 4 nitrogen and oxygen atoms in total. The highest BCUT2D eigenvalue weighted by Gasteiger charge is 2.06. The molecule has 0 aliphatic rings. The van der Waals surface area contributed by atoms with Gasteiger partial charge in [0.1, 0.15) is 5.76 Å². The Morgan fingerprint density at radius 3 is 2.72 bits per heavy atom. The number of nitrogens with zero attached hydrogens (tertiary/aromatic N) is 1. The van der Waals surface area contributed by atoms with Gasteiger partial charge in [-0.2, -0.15) is 0 Å². The normalized spacial score (nSPS) is 11.3. The first-order valence-electron chi connectivity index (χ1n) is 6.87. The minimum atomic E-state index is 0.637. The van der Waals surface area contributed by atoms with Crippen LogP contribution in [0.2, 0.25) is 0 Å². The summed E-state index contributed by atoms with van der Waals surface area (Å²) in [6, 6.07) is 1.99. The van der Waals surface area contributed by atoms with E-state index in [1.165, 1.54) is 0 Å². The number of furan rings is 1. The van der Waals surface area contributed by atoms with Crippen LogP contribution in [0.1, 0.15) is 32.1 Å². The van der Waals surface area contributed by atoms with Crippen molar-refractivity contribution in [2.75, 3.05) is 32.8 Å². The Hall–Kier alpha value is -0.840. The second-order valence-electron chi connectivity index (χ2n) is 4.23. The molecular formula is C14H26N2O2. The van der Waals surface area contributed by atoms with E-state index in [-0.39, 0.29) is 0 Å². The Labute approximate surface area is 110 Å². The highest BCUT2D eigenvalue weighted by molar-refractivity contribution is 5.15. The van der Waals surface area contributed by atoms with Crippen molar-refractivity contribution < 1.29 is 9.15 Å². The van der Waals surface area contributed by atoms with E-state index in [1.54, 1.807) is 6.26 Å².